The Labute approximate surface area is 119 Å². The van der Waals surface area contributed by atoms with E-state index in [9.17, 15) is 24.8 Å². The summed E-state index contributed by atoms with van der Waals surface area (Å²) in [5.74, 6) is -2.78. The van der Waals surface area contributed by atoms with Gasteiger partial charge in [-0.15, -0.1) is 0 Å². The molecule has 1 aromatic rings. The standard InChI is InChI=1S/C13H14N2O6/c1-7-5-14(6-9(7)13(18)19)12(17)8-2-3-11(16)10(4-8)15(20)21/h2-4,7,9,16H,5-6H2,1H3,(H,18,19)/t7-,9-/m1/s1. The third-order valence-electron chi connectivity index (χ3n) is 3.64. The van der Waals surface area contributed by atoms with E-state index in [-0.39, 0.29) is 24.6 Å². The normalized spacial score (nSPS) is 21.3. The number of phenols is 1. The van der Waals surface area contributed by atoms with Gasteiger partial charge in [-0.2, -0.15) is 0 Å². The van der Waals surface area contributed by atoms with E-state index in [2.05, 4.69) is 0 Å². The Kier molecular flexibility index (Phi) is 3.79. The minimum Gasteiger partial charge on any atom is -0.502 e. The van der Waals surface area contributed by atoms with E-state index in [1.807, 2.05) is 0 Å². The van der Waals surface area contributed by atoms with Crippen LogP contribution in [0.4, 0.5) is 5.69 Å². The molecular formula is C13H14N2O6. The van der Waals surface area contributed by atoms with Crippen LogP contribution in [0.1, 0.15) is 17.3 Å². The fourth-order valence-corrected chi connectivity index (χ4v) is 2.44. The number of nitrogens with zero attached hydrogens (tertiary/aromatic N) is 2. The third-order valence-corrected chi connectivity index (χ3v) is 3.64. The molecule has 1 amide bonds. The van der Waals surface area contributed by atoms with Crippen LogP contribution in [0.15, 0.2) is 18.2 Å². The average Bonchev–Trinajstić information content (AvgIpc) is 2.80. The summed E-state index contributed by atoms with van der Waals surface area (Å²) >= 11 is 0. The van der Waals surface area contributed by atoms with E-state index in [0.717, 1.165) is 12.1 Å². The number of rotatable bonds is 3. The summed E-state index contributed by atoms with van der Waals surface area (Å²) in [6.07, 6.45) is 0. The van der Waals surface area contributed by atoms with Crippen molar-refractivity contribution >= 4 is 17.6 Å². The van der Waals surface area contributed by atoms with Crippen LogP contribution in [0.3, 0.4) is 0 Å². The second kappa shape index (κ2) is 5.39. The fourth-order valence-electron chi connectivity index (χ4n) is 2.44. The molecule has 8 nitrogen and oxygen atoms in total. The van der Waals surface area contributed by atoms with Gasteiger partial charge >= 0.3 is 11.7 Å². The maximum Gasteiger partial charge on any atom is 0.311 e. The van der Waals surface area contributed by atoms with Crippen LogP contribution in [-0.2, 0) is 4.79 Å². The zero-order chi connectivity index (χ0) is 15.7. The van der Waals surface area contributed by atoms with Gasteiger partial charge in [0.05, 0.1) is 10.8 Å². The summed E-state index contributed by atoms with van der Waals surface area (Å²) < 4.78 is 0. The van der Waals surface area contributed by atoms with E-state index in [1.165, 1.54) is 11.0 Å². The van der Waals surface area contributed by atoms with E-state index in [1.54, 1.807) is 6.92 Å². The lowest BCUT2D eigenvalue weighted by atomic mass is 9.99. The minimum atomic E-state index is -0.963. The maximum absolute atomic E-state index is 12.3. The summed E-state index contributed by atoms with van der Waals surface area (Å²) in [6, 6.07) is 3.36. The highest BCUT2D eigenvalue weighted by Gasteiger charge is 2.37. The van der Waals surface area contributed by atoms with E-state index in [4.69, 9.17) is 5.11 Å². The van der Waals surface area contributed by atoms with E-state index in [0.29, 0.717) is 0 Å². The Morgan fingerprint density at radius 1 is 1.38 bits per heavy atom. The molecule has 0 aromatic heterocycles. The number of carboxylic acid groups (broad SMARTS) is 1. The Balaban J connectivity index is 2.24. The van der Waals surface area contributed by atoms with Crippen molar-refractivity contribution < 1.29 is 24.7 Å². The average molecular weight is 294 g/mol. The number of likely N-dealkylation sites (tertiary alicyclic amines) is 1. The number of carbonyl (C=O) groups excluding carboxylic acids is 1. The summed E-state index contributed by atoms with van der Waals surface area (Å²) in [4.78, 5) is 34.7. The molecule has 2 atom stereocenters. The van der Waals surface area contributed by atoms with Crippen molar-refractivity contribution in [2.24, 2.45) is 11.8 Å². The van der Waals surface area contributed by atoms with Gasteiger partial charge in [0.2, 0.25) is 0 Å². The van der Waals surface area contributed by atoms with Crippen molar-refractivity contribution in [2.45, 2.75) is 6.92 Å². The first-order chi connectivity index (χ1) is 9.81. The van der Waals surface area contributed by atoms with E-state index < -0.39 is 34.2 Å². The van der Waals surface area contributed by atoms with Crippen LogP contribution < -0.4 is 0 Å². The molecule has 1 saturated heterocycles. The highest BCUT2D eigenvalue weighted by Crippen LogP contribution is 2.29. The molecule has 1 aliphatic heterocycles. The first-order valence-corrected chi connectivity index (χ1v) is 6.30. The molecule has 0 radical (unpaired) electrons. The van der Waals surface area contributed by atoms with Crippen LogP contribution in [0.5, 0.6) is 5.75 Å². The van der Waals surface area contributed by atoms with Crippen molar-refractivity contribution in [3.05, 3.63) is 33.9 Å². The Bertz CT molecular complexity index is 615. The summed E-state index contributed by atoms with van der Waals surface area (Å²) in [5.41, 5.74) is -0.499. The number of amides is 1. The molecule has 21 heavy (non-hydrogen) atoms. The van der Waals surface area contributed by atoms with Crippen molar-refractivity contribution in [3.8, 4) is 5.75 Å². The van der Waals surface area contributed by atoms with E-state index >= 15 is 0 Å². The molecule has 0 spiro atoms. The number of nitro benzene ring substituents is 1. The van der Waals surface area contributed by atoms with Gasteiger partial charge in [-0.1, -0.05) is 6.92 Å². The van der Waals surface area contributed by atoms with Crippen molar-refractivity contribution in [1.29, 1.82) is 0 Å². The zero-order valence-corrected chi connectivity index (χ0v) is 11.2. The second-order valence-electron chi connectivity index (χ2n) is 5.09. The number of benzene rings is 1. The lowest BCUT2D eigenvalue weighted by molar-refractivity contribution is -0.385. The molecule has 8 heteroatoms. The van der Waals surface area contributed by atoms with Gasteiger partial charge in [-0.05, 0) is 18.1 Å². The first-order valence-electron chi connectivity index (χ1n) is 6.30. The van der Waals surface area contributed by atoms with Crippen LogP contribution in [-0.4, -0.2) is 45.0 Å². The van der Waals surface area contributed by atoms with Crippen molar-refractivity contribution in [1.82, 2.24) is 4.90 Å². The molecule has 0 aliphatic carbocycles. The van der Waals surface area contributed by atoms with Crippen molar-refractivity contribution in [3.63, 3.8) is 0 Å². The first kappa shape index (κ1) is 14.8. The molecule has 0 saturated carbocycles. The van der Waals surface area contributed by atoms with Crippen LogP contribution >= 0.6 is 0 Å². The molecule has 1 aliphatic rings. The Hall–Kier alpha value is -2.64. The van der Waals surface area contributed by atoms with Gasteiger partial charge in [-0.3, -0.25) is 19.7 Å². The SMILES string of the molecule is C[C@@H]1CN(C(=O)c2ccc(O)c([N+](=O)[O-])c2)C[C@H]1C(=O)O. The van der Waals surface area contributed by atoms with Crippen LogP contribution in [0, 0.1) is 22.0 Å². The summed E-state index contributed by atoms with van der Waals surface area (Å²) in [7, 11) is 0. The minimum absolute atomic E-state index is 0.0535. The number of hydrogen-bond donors (Lipinski definition) is 2. The lowest BCUT2D eigenvalue weighted by Gasteiger charge is -2.15. The van der Waals surface area contributed by atoms with Crippen LogP contribution in [0.25, 0.3) is 0 Å². The largest absolute Gasteiger partial charge is 0.502 e. The molecular weight excluding hydrogens is 280 g/mol. The number of phenolic OH excluding ortho intramolecular Hbond substituents is 1. The molecule has 1 fully saturated rings. The predicted molar refractivity (Wildman–Crippen MR) is 71.0 cm³/mol. The third kappa shape index (κ3) is 2.78. The van der Waals surface area contributed by atoms with Gasteiger partial charge < -0.3 is 15.1 Å². The number of aliphatic carboxylic acids is 1. The summed E-state index contributed by atoms with van der Waals surface area (Å²) in [5, 5.41) is 29.2. The molecule has 2 N–H and O–H groups in total. The molecule has 1 aromatic carbocycles. The Morgan fingerprint density at radius 3 is 2.57 bits per heavy atom. The Morgan fingerprint density at radius 2 is 2.05 bits per heavy atom. The predicted octanol–water partition coefficient (Wildman–Crippen LogP) is 1.09. The number of aromatic hydroxyl groups is 1. The van der Waals surface area contributed by atoms with Gasteiger partial charge in [0.15, 0.2) is 5.75 Å². The molecule has 1 heterocycles. The zero-order valence-electron chi connectivity index (χ0n) is 11.2. The molecule has 2 rings (SSSR count). The number of hydrogen-bond acceptors (Lipinski definition) is 5. The number of nitro groups is 1. The molecule has 0 unspecified atom stereocenters. The summed E-state index contributed by atoms with van der Waals surface area (Å²) in [6.45, 7) is 2.10. The highest BCUT2D eigenvalue weighted by atomic mass is 16.6. The fraction of sp³-hybridized carbons (Fsp3) is 0.385. The highest BCUT2D eigenvalue weighted by molar-refractivity contribution is 5.95. The smallest absolute Gasteiger partial charge is 0.311 e. The maximum atomic E-state index is 12.3. The second-order valence-corrected chi connectivity index (χ2v) is 5.09. The number of carboxylic acids is 1. The lowest BCUT2D eigenvalue weighted by Crippen LogP contribution is -2.29. The monoisotopic (exact) mass is 294 g/mol. The molecule has 112 valence electrons. The molecule has 0 bridgehead atoms. The van der Waals surface area contributed by atoms with Gasteiger partial charge in [-0.25, -0.2) is 0 Å². The number of carbonyl (C=O) groups is 2. The van der Waals surface area contributed by atoms with Gasteiger partial charge in [0.1, 0.15) is 0 Å². The van der Waals surface area contributed by atoms with Gasteiger partial charge in [0, 0.05) is 24.7 Å². The van der Waals surface area contributed by atoms with Crippen molar-refractivity contribution in [2.75, 3.05) is 13.1 Å². The van der Waals surface area contributed by atoms with Gasteiger partial charge in [0.25, 0.3) is 5.91 Å². The quantitative estimate of drug-likeness (QED) is 0.636. The van der Waals surface area contributed by atoms with Crippen LogP contribution in [0.2, 0.25) is 0 Å². The topological polar surface area (TPSA) is 121 Å².